The van der Waals surface area contributed by atoms with E-state index in [1.54, 1.807) is 0 Å². The van der Waals surface area contributed by atoms with Crippen molar-refractivity contribution in [3.8, 4) is 0 Å². The maximum atomic E-state index is 5.95. The lowest BCUT2D eigenvalue weighted by Gasteiger charge is -2.26. The van der Waals surface area contributed by atoms with Crippen LogP contribution < -0.4 is 10.6 Å². The summed E-state index contributed by atoms with van der Waals surface area (Å²) >= 11 is 5.26. The third-order valence-corrected chi connectivity index (χ3v) is 4.54. The summed E-state index contributed by atoms with van der Waals surface area (Å²) in [6.45, 7) is 6.14. The van der Waals surface area contributed by atoms with Crippen molar-refractivity contribution < 1.29 is 0 Å². The third kappa shape index (κ3) is 2.92. The highest BCUT2D eigenvalue weighted by atomic mass is 32.1. The Labute approximate surface area is 125 Å². The van der Waals surface area contributed by atoms with E-state index in [1.807, 2.05) is 13.8 Å². The van der Waals surface area contributed by atoms with Crippen LogP contribution >= 0.6 is 12.2 Å². The molecule has 2 fully saturated rings. The lowest BCUT2D eigenvalue weighted by Crippen LogP contribution is -2.32. The molecule has 0 saturated heterocycles. The summed E-state index contributed by atoms with van der Waals surface area (Å²) in [5.74, 6) is 2.53. The summed E-state index contributed by atoms with van der Waals surface area (Å²) in [7, 11) is 0. The number of nitrogens with zero attached hydrogens (tertiary/aromatic N) is 3. The molecule has 3 rings (SSSR count). The summed E-state index contributed by atoms with van der Waals surface area (Å²) < 4.78 is 0. The van der Waals surface area contributed by atoms with E-state index >= 15 is 0 Å². The Hall–Kier alpha value is -1.23. The van der Waals surface area contributed by atoms with Crippen LogP contribution in [0.5, 0.6) is 0 Å². The molecule has 0 aromatic carbocycles. The molecule has 4 nitrogen and oxygen atoms in total. The zero-order chi connectivity index (χ0) is 14.3. The van der Waals surface area contributed by atoms with Gasteiger partial charge in [-0.15, -0.1) is 5.10 Å². The summed E-state index contributed by atoms with van der Waals surface area (Å²) in [5, 5.41) is 8.72. The van der Waals surface area contributed by atoms with Crippen molar-refractivity contribution >= 4 is 23.0 Å². The van der Waals surface area contributed by atoms with Gasteiger partial charge in [0.05, 0.1) is 11.3 Å². The van der Waals surface area contributed by atoms with Crippen molar-refractivity contribution in [3.05, 3.63) is 16.8 Å². The highest BCUT2D eigenvalue weighted by Gasteiger charge is 2.31. The van der Waals surface area contributed by atoms with Crippen LogP contribution in [0.25, 0.3) is 0 Å². The van der Waals surface area contributed by atoms with Gasteiger partial charge in [-0.1, -0.05) is 12.2 Å². The van der Waals surface area contributed by atoms with Crippen molar-refractivity contribution in [2.75, 3.05) is 18.0 Å². The number of anilines is 1. The number of hydrogen-bond acceptors (Lipinski definition) is 4. The van der Waals surface area contributed by atoms with Crippen LogP contribution in [-0.4, -0.2) is 28.3 Å². The minimum absolute atomic E-state index is 0.437. The molecule has 0 radical (unpaired) electrons. The summed E-state index contributed by atoms with van der Waals surface area (Å²) in [6, 6.07) is 0. The Morgan fingerprint density at radius 2 is 1.70 bits per heavy atom. The lowest BCUT2D eigenvalue weighted by molar-refractivity contribution is 0.664. The molecule has 0 bridgehead atoms. The Morgan fingerprint density at radius 1 is 1.15 bits per heavy atom. The average molecular weight is 290 g/mol. The first-order valence-corrected chi connectivity index (χ1v) is 7.85. The number of thiocarbonyl (C=S) groups is 1. The first-order valence-electron chi connectivity index (χ1n) is 7.45. The number of nitrogens with two attached hydrogens (primary N) is 1. The fraction of sp³-hybridized carbons (Fsp3) is 0.667. The average Bonchev–Trinajstić information content (AvgIpc) is 3.26. The molecule has 1 aromatic heterocycles. The Kier molecular flexibility index (Phi) is 3.63. The van der Waals surface area contributed by atoms with E-state index in [4.69, 9.17) is 18.0 Å². The predicted molar refractivity (Wildman–Crippen MR) is 85.1 cm³/mol. The molecule has 108 valence electrons. The van der Waals surface area contributed by atoms with Crippen LogP contribution in [0.1, 0.15) is 42.5 Å². The number of aromatic nitrogens is 2. The van der Waals surface area contributed by atoms with Gasteiger partial charge in [-0.3, -0.25) is 0 Å². The molecular weight excluding hydrogens is 268 g/mol. The standard InChI is InChI=1S/C15H22N4S/c1-9-10(2)17-18-15(13(9)14(16)20)19(7-11-3-4-11)8-12-5-6-12/h11-12H,3-8H2,1-2H3,(H2,16,20). The minimum atomic E-state index is 0.437. The molecule has 0 spiro atoms. The highest BCUT2D eigenvalue weighted by Crippen LogP contribution is 2.36. The zero-order valence-corrected chi connectivity index (χ0v) is 13.0. The zero-order valence-electron chi connectivity index (χ0n) is 12.2. The Morgan fingerprint density at radius 3 is 2.15 bits per heavy atom. The van der Waals surface area contributed by atoms with Gasteiger partial charge in [0.25, 0.3) is 0 Å². The van der Waals surface area contributed by atoms with Gasteiger partial charge < -0.3 is 10.6 Å². The third-order valence-electron chi connectivity index (χ3n) is 4.33. The van der Waals surface area contributed by atoms with Gasteiger partial charge >= 0.3 is 0 Å². The van der Waals surface area contributed by atoms with E-state index in [1.165, 1.54) is 25.7 Å². The largest absolute Gasteiger partial charge is 0.389 e. The van der Waals surface area contributed by atoms with Crippen LogP contribution in [-0.2, 0) is 0 Å². The van der Waals surface area contributed by atoms with Gasteiger partial charge in [-0.25, -0.2) is 0 Å². The van der Waals surface area contributed by atoms with Crippen LogP contribution in [0.2, 0.25) is 0 Å². The SMILES string of the molecule is Cc1nnc(N(CC2CC2)CC2CC2)c(C(N)=S)c1C. The highest BCUT2D eigenvalue weighted by molar-refractivity contribution is 7.80. The van der Waals surface area contributed by atoms with Gasteiger partial charge in [0, 0.05) is 13.1 Å². The second kappa shape index (κ2) is 5.28. The van der Waals surface area contributed by atoms with Crippen LogP contribution in [0.4, 0.5) is 5.82 Å². The number of hydrogen-bond donors (Lipinski definition) is 1. The van der Waals surface area contributed by atoms with Crippen molar-refractivity contribution in [2.45, 2.75) is 39.5 Å². The lowest BCUT2D eigenvalue weighted by atomic mass is 10.1. The molecule has 0 amide bonds. The number of rotatable bonds is 6. The normalized spacial score (nSPS) is 18.1. The first kappa shape index (κ1) is 13.7. The Balaban J connectivity index is 1.95. The van der Waals surface area contributed by atoms with Gasteiger partial charge in [-0.2, -0.15) is 5.10 Å². The second-order valence-corrected chi connectivity index (χ2v) is 6.70. The van der Waals surface area contributed by atoms with Crippen molar-refractivity contribution in [3.63, 3.8) is 0 Å². The Bertz CT molecular complexity index is 521. The predicted octanol–water partition coefficient (Wildman–Crippen LogP) is 2.35. The topological polar surface area (TPSA) is 55.0 Å². The smallest absolute Gasteiger partial charge is 0.161 e. The molecule has 5 heteroatoms. The molecule has 2 aliphatic rings. The fourth-order valence-corrected chi connectivity index (χ4v) is 2.83. The summed E-state index contributed by atoms with van der Waals surface area (Å²) in [4.78, 5) is 2.82. The molecule has 2 aliphatic carbocycles. The van der Waals surface area contributed by atoms with Gasteiger partial charge in [0.2, 0.25) is 0 Å². The maximum absolute atomic E-state index is 5.95. The van der Waals surface area contributed by atoms with Crippen molar-refractivity contribution in [1.82, 2.24) is 10.2 Å². The molecule has 0 unspecified atom stereocenters. The molecule has 2 N–H and O–H groups in total. The molecule has 2 saturated carbocycles. The molecule has 1 aromatic rings. The minimum Gasteiger partial charge on any atom is -0.389 e. The van der Waals surface area contributed by atoms with E-state index < -0.39 is 0 Å². The summed E-state index contributed by atoms with van der Waals surface area (Å²) in [5.41, 5.74) is 8.86. The van der Waals surface area contributed by atoms with Gasteiger partial charge in [0.1, 0.15) is 4.99 Å². The number of aryl methyl sites for hydroxylation is 1. The van der Waals surface area contributed by atoms with E-state index in [9.17, 15) is 0 Å². The monoisotopic (exact) mass is 290 g/mol. The molecular formula is C15H22N4S. The quantitative estimate of drug-likeness (QED) is 0.815. The molecule has 0 atom stereocenters. The van der Waals surface area contributed by atoms with E-state index in [0.717, 1.165) is 47.6 Å². The van der Waals surface area contributed by atoms with Crippen molar-refractivity contribution in [1.29, 1.82) is 0 Å². The van der Waals surface area contributed by atoms with Gasteiger partial charge in [0.15, 0.2) is 5.82 Å². The molecule has 1 heterocycles. The van der Waals surface area contributed by atoms with Crippen LogP contribution in [0, 0.1) is 25.7 Å². The van der Waals surface area contributed by atoms with Crippen molar-refractivity contribution in [2.24, 2.45) is 17.6 Å². The molecule has 0 aliphatic heterocycles. The van der Waals surface area contributed by atoms with Gasteiger partial charge in [-0.05, 0) is 56.9 Å². The van der Waals surface area contributed by atoms with E-state index in [2.05, 4.69) is 15.1 Å². The van der Waals surface area contributed by atoms with Crippen LogP contribution in [0.15, 0.2) is 0 Å². The maximum Gasteiger partial charge on any atom is 0.161 e. The van der Waals surface area contributed by atoms with E-state index in [-0.39, 0.29) is 0 Å². The fourth-order valence-electron chi connectivity index (χ4n) is 2.58. The summed E-state index contributed by atoms with van der Waals surface area (Å²) in [6.07, 6.45) is 5.34. The first-order chi connectivity index (χ1) is 9.56. The second-order valence-electron chi connectivity index (χ2n) is 6.27. The van der Waals surface area contributed by atoms with Crippen LogP contribution in [0.3, 0.4) is 0 Å². The molecule has 20 heavy (non-hydrogen) atoms. The van der Waals surface area contributed by atoms with E-state index in [0.29, 0.717) is 4.99 Å².